The quantitative estimate of drug-likeness (QED) is 0.853. The van der Waals surface area contributed by atoms with Crippen molar-refractivity contribution in [2.45, 2.75) is 0 Å². The van der Waals surface area contributed by atoms with Gasteiger partial charge in [-0.25, -0.2) is 0 Å². The molecule has 0 spiro atoms. The Morgan fingerprint density at radius 3 is 2.60 bits per heavy atom. The zero-order chi connectivity index (χ0) is 14.9. The molecule has 1 aromatic heterocycles. The molecular weight excluding hydrogens is 322 g/mol. The van der Waals surface area contributed by atoms with Gasteiger partial charge in [-0.3, -0.25) is 9.59 Å². The van der Waals surface area contributed by atoms with E-state index in [0.717, 1.165) is 4.47 Å². The summed E-state index contributed by atoms with van der Waals surface area (Å²) in [6.07, 6.45) is 1.56. The lowest BCUT2D eigenvalue weighted by molar-refractivity contribution is 0.0993. The van der Waals surface area contributed by atoms with Crippen molar-refractivity contribution in [2.75, 3.05) is 17.7 Å². The first kappa shape index (κ1) is 14.3. The molecular formula is C14H14BrN3O2. The smallest absolute Gasteiger partial charge is 0.258 e. The van der Waals surface area contributed by atoms with Gasteiger partial charge in [0.05, 0.1) is 11.4 Å². The van der Waals surface area contributed by atoms with Crippen LogP contribution in [0.4, 0.5) is 11.4 Å². The van der Waals surface area contributed by atoms with Crippen molar-refractivity contribution in [3.63, 3.8) is 0 Å². The van der Waals surface area contributed by atoms with Crippen LogP contribution in [0.15, 0.2) is 45.8 Å². The summed E-state index contributed by atoms with van der Waals surface area (Å²) in [6.45, 7) is 0. The van der Waals surface area contributed by atoms with Crippen LogP contribution in [0, 0.1) is 0 Å². The lowest BCUT2D eigenvalue weighted by atomic mass is 10.2. The van der Waals surface area contributed by atoms with Gasteiger partial charge in [-0.2, -0.15) is 0 Å². The van der Waals surface area contributed by atoms with Crippen LogP contribution in [-0.4, -0.2) is 17.5 Å². The average Bonchev–Trinajstić information content (AvgIpc) is 2.40. The number of aromatic nitrogens is 1. The van der Waals surface area contributed by atoms with E-state index in [2.05, 4.69) is 15.9 Å². The van der Waals surface area contributed by atoms with Crippen LogP contribution in [0.1, 0.15) is 10.4 Å². The number of amides is 1. The number of carbonyl (C=O) groups excluding carboxylic acids is 1. The van der Waals surface area contributed by atoms with Crippen LogP contribution in [0.25, 0.3) is 0 Å². The molecule has 0 aliphatic carbocycles. The molecule has 20 heavy (non-hydrogen) atoms. The van der Waals surface area contributed by atoms with E-state index in [9.17, 15) is 9.59 Å². The third kappa shape index (κ3) is 2.75. The first-order valence-electron chi connectivity index (χ1n) is 5.90. The number of rotatable bonds is 2. The molecule has 1 aromatic carbocycles. The minimum Gasteiger partial charge on any atom is -0.397 e. The third-order valence-electron chi connectivity index (χ3n) is 3.01. The van der Waals surface area contributed by atoms with Gasteiger partial charge in [0.1, 0.15) is 0 Å². The zero-order valence-corrected chi connectivity index (χ0v) is 12.7. The van der Waals surface area contributed by atoms with Gasteiger partial charge in [-0.15, -0.1) is 0 Å². The lowest BCUT2D eigenvalue weighted by Gasteiger charge is -2.19. The van der Waals surface area contributed by atoms with Gasteiger partial charge >= 0.3 is 0 Å². The van der Waals surface area contributed by atoms with Gasteiger partial charge in [0.15, 0.2) is 0 Å². The summed E-state index contributed by atoms with van der Waals surface area (Å²) in [5.74, 6) is -0.281. The van der Waals surface area contributed by atoms with E-state index in [1.165, 1.54) is 15.5 Å². The van der Waals surface area contributed by atoms with Gasteiger partial charge in [-0.1, -0.05) is 15.9 Å². The Morgan fingerprint density at radius 2 is 2.00 bits per heavy atom. The van der Waals surface area contributed by atoms with E-state index < -0.39 is 0 Å². The number of anilines is 2. The van der Waals surface area contributed by atoms with Gasteiger partial charge in [0.2, 0.25) is 0 Å². The predicted octanol–water partition coefficient (Wildman–Crippen LogP) is 2.01. The number of nitrogens with zero attached hydrogens (tertiary/aromatic N) is 2. The molecule has 0 atom stereocenters. The summed E-state index contributed by atoms with van der Waals surface area (Å²) in [5.41, 5.74) is 7.09. The second-order valence-electron chi connectivity index (χ2n) is 4.43. The summed E-state index contributed by atoms with van der Waals surface area (Å²) in [4.78, 5) is 25.4. The summed E-state index contributed by atoms with van der Waals surface area (Å²) in [6, 6.07) is 8.20. The number of nitrogens with two attached hydrogens (primary N) is 1. The number of nitrogen functional groups attached to an aromatic ring is 1. The molecule has 2 rings (SSSR count). The molecule has 0 bridgehead atoms. The standard InChI is InChI=1S/C14H14BrN3O2/c1-17-6-5-9(7-13(17)19)14(20)18(2)12-4-3-10(15)8-11(12)16/h3-8H,16H2,1-2H3. The molecule has 104 valence electrons. The molecule has 0 aliphatic heterocycles. The summed E-state index contributed by atoms with van der Waals surface area (Å²) < 4.78 is 2.25. The molecule has 0 fully saturated rings. The fraction of sp³-hybridized carbons (Fsp3) is 0.143. The second kappa shape index (κ2) is 5.50. The highest BCUT2D eigenvalue weighted by Gasteiger charge is 2.16. The first-order valence-corrected chi connectivity index (χ1v) is 6.69. The fourth-order valence-electron chi connectivity index (χ4n) is 1.82. The highest BCUT2D eigenvalue weighted by molar-refractivity contribution is 9.10. The van der Waals surface area contributed by atoms with Crippen molar-refractivity contribution in [2.24, 2.45) is 7.05 Å². The zero-order valence-electron chi connectivity index (χ0n) is 11.1. The van der Waals surface area contributed by atoms with Crippen LogP contribution in [0.2, 0.25) is 0 Å². The van der Waals surface area contributed by atoms with E-state index in [-0.39, 0.29) is 11.5 Å². The summed E-state index contributed by atoms with van der Waals surface area (Å²) >= 11 is 3.32. The number of halogens is 1. The molecule has 0 radical (unpaired) electrons. The third-order valence-corrected chi connectivity index (χ3v) is 3.50. The van der Waals surface area contributed by atoms with Gasteiger partial charge in [0.25, 0.3) is 11.5 Å². The number of hydrogen-bond donors (Lipinski definition) is 1. The molecule has 2 aromatic rings. The largest absolute Gasteiger partial charge is 0.397 e. The van der Waals surface area contributed by atoms with Crippen LogP contribution >= 0.6 is 15.9 Å². The highest BCUT2D eigenvalue weighted by atomic mass is 79.9. The molecule has 6 heteroatoms. The van der Waals surface area contributed by atoms with E-state index in [1.54, 1.807) is 44.6 Å². The normalized spacial score (nSPS) is 10.3. The van der Waals surface area contributed by atoms with Gasteiger partial charge < -0.3 is 15.2 Å². The van der Waals surface area contributed by atoms with Crippen molar-refractivity contribution in [1.82, 2.24) is 4.57 Å². The number of pyridine rings is 1. The molecule has 5 nitrogen and oxygen atoms in total. The Bertz CT molecular complexity index is 725. The summed E-state index contributed by atoms with van der Waals surface area (Å²) in [5, 5.41) is 0. The molecule has 1 amide bonds. The van der Waals surface area contributed by atoms with E-state index >= 15 is 0 Å². The van der Waals surface area contributed by atoms with E-state index in [4.69, 9.17) is 5.73 Å². The first-order chi connectivity index (χ1) is 9.40. The molecule has 0 unspecified atom stereocenters. The SMILES string of the molecule is CN(C(=O)c1ccn(C)c(=O)c1)c1ccc(Br)cc1N. The monoisotopic (exact) mass is 335 g/mol. The van der Waals surface area contributed by atoms with Crippen molar-refractivity contribution in [3.05, 3.63) is 56.9 Å². The Balaban J connectivity index is 2.37. The minimum atomic E-state index is -0.281. The lowest BCUT2D eigenvalue weighted by Crippen LogP contribution is -2.29. The van der Waals surface area contributed by atoms with Crippen molar-refractivity contribution in [1.29, 1.82) is 0 Å². The molecule has 1 heterocycles. The van der Waals surface area contributed by atoms with Gasteiger partial charge in [-0.05, 0) is 24.3 Å². The fourth-order valence-corrected chi connectivity index (χ4v) is 2.19. The van der Waals surface area contributed by atoms with E-state index in [0.29, 0.717) is 16.9 Å². The maximum Gasteiger partial charge on any atom is 0.258 e. The Morgan fingerprint density at radius 1 is 1.30 bits per heavy atom. The Labute approximate surface area is 124 Å². The number of aryl methyl sites for hydroxylation is 1. The maximum absolute atomic E-state index is 12.4. The molecule has 0 saturated carbocycles. The van der Waals surface area contributed by atoms with Crippen LogP contribution in [0.3, 0.4) is 0 Å². The number of benzene rings is 1. The topological polar surface area (TPSA) is 68.3 Å². The molecule has 0 saturated heterocycles. The predicted molar refractivity (Wildman–Crippen MR) is 83.0 cm³/mol. The van der Waals surface area contributed by atoms with Crippen LogP contribution in [0.5, 0.6) is 0 Å². The van der Waals surface area contributed by atoms with Gasteiger partial charge in [0, 0.05) is 36.4 Å². The van der Waals surface area contributed by atoms with Crippen molar-refractivity contribution >= 4 is 33.2 Å². The number of hydrogen-bond acceptors (Lipinski definition) is 3. The Kier molecular flexibility index (Phi) is 3.94. The van der Waals surface area contributed by atoms with Crippen molar-refractivity contribution in [3.8, 4) is 0 Å². The maximum atomic E-state index is 12.4. The second-order valence-corrected chi connectivity index (χ2v) is 5.35. The molecule has 0 aliphatic rings. The Hall–Kier alpha value is -2.08. The summed E-state index contributed by atoms with van der Waals surface area (Å²) in [7, 11) is 3.26. The minimum absolute atomic E-state index is 0.229. The van der Waals surface area contributed by atoms with Crippen LogP contribution in [-0.2, 0) is 7.05 Å². The van der Waals surface area contributed by atoms with Crippen LogP contribution < -0.4 is 16.2 Å². The highest BCUT2D eigenvalue weighted by Crippen LogP contribution is 2.26. The average molecular weight is 336 g/mol. The van der Waals surface area contributed by atoms with Crippen molar-refractivity contribution < 1.29 is 4.79 Å². The number of carbonyl (C=O) groups is 1. The van der Waals surface area contributed by atoms with E-state index in [1.807, 2.05) is 0 Å². The molecule has 2 N–H and O–H groups in total.